The maximum atomic E-state index is 11.0. The van der Waals surface area contributed by atoms with Crippen LogP contribution in [0.5, 0.6) is 0 Å². The minimum absolute atomic E-state index is 0.403. The van der Waals surface area contributed by atoms with Gasteiger partial charge in [0, 0.05) is 17.9 Å². The standard InChI is InChI=1S/C15H17NO2/c1-11-10-14(15(17)18)12(2)16(11)9-8-13-6-4-3-5-7-13/h3-7,10H,8-9H2,1-2H3,(H,17,18). The summed E-state index contributed by atoms with van der Waals surface area (Å²) in [6, 6.07) is 12.0. The lowest BCUT2D eigenvalue weighted by atomic mass is 10.1. The summed E-state index contributed by atoms with van der Waals surface area (Å²) in [4.78, 5) is 11.0. The Hall–Kier alpha value is -2.03. The first-order chi connectivity index (χ1) is 8.59. The highest BCUT2D eigenvalue weighted by molar-refractivity contribution is 5.89. The summed E-state index contributed by atoms with van der Waals surface area (Å²) in [5.41, 5.74) is 3.50. The summed E-state index contributed by atoms with van der Waals surface area (Å²) in [7, 11) is 0. The van der Waals surface area contributed by atoms with Crippen LogP contribution in [0, 0.1) is 13.8 Å². The van der Waals surface area contributed by atoms with Crippen LogP contribution in [0.4, 0.5) is 0 Å². The van der Waals surface area contributed by atoms with Crippen LogP contribution in [-0.4, -0.2) is 15.6 Å². The van der Waals surface area contributed by atoms with E-state index in [1.807, 2.05) is 32.0 Å². The number of nitrogens with zero attached hydrogens (tertiary/aromatic N) is 1. The molecule has 0 aliphatic carbocycles. The number of carbonyl (C=O) groups is 1. The molecule has 0 spiro atoms. The lowest BCUT2D eigenvalue weighted by Gasteiger charge is -2.09. The third-order valence-corrected chi connectivity index (χ3v) is 3.27. The molecule has 18 heavy (non-hydrogen) atoms. The molecule has 0 atom stereocenters. The van der Waals surface area contributed by atoms with Crippen LogP contribution in [-0.2, 0) is 13.0 Å². The molecular formula is C15H17NO2. The minimum Gasteiger partial charge on any atom is -0.478 e. The molecule has 3 heteroatoms. The zero-order valence-corrected chi connectivity index (χ0v) is 10.7. The van der Waals surface area contributed by atoms with Crippen LogP contribution in [0.1, 0.15) is 27.3 Å². The lowest BCUT2D eigenvalue weighted by Crippen LogP contribution is -2.06. The van der Waals surface area contributed by atoms with Gasteiger partial charge in [-0.2, -0.15) is 0 Å². The normalized spacial score (nSPS) is 10.6. The number of aromatic carboxylic acids is 1. The fraction of sp³-hybridized carbons (Fsp3) is 0.267. The van der Waals surface area contributed by atoms with Crippen molar-refractivity contribution in [3.63, 3.8) is 0 Å². The van der Waals surface area contributed by atoms with Gasteiger partial charge < -0.3 is 9.67 Å². The summed E-state index contributed by atoms with van der Waals surface area (Å²) < 4.78 is 2.07. The van der Waals surface area contributed by atoms with Crippen molar-refractivity contribution < 1.29 is 9.90 Å². The van der Waals surface area contributed by atoms with Crippen molar-refractivity contribution in [1.82, 2.24) is 4.57 Å². The first kappa shape index (κ1) is 12.4. The summed E-state index contributed by atoms with van der Waals surface area (Å²) in [6.45, 7) is 4.63. The second-order valence-corrected chi connectivity index (χ2v) is 4.48. The van der Waals surface area contributed by atoms with Crippen molar-refractivity contribution in [2.75, 3.05) is 0 Å². The summed E-state index contributed by atoms with van der Waals surface area (Å²) in [5, 5.41) is 9.08. The van der Waals surface area contributed by atoms with Gasteiger partial charge in [0.1, 0.15) is 0 Å². The average Bonchev–Trinajstić information content (AvgIpc) is 2.64. The molecule has 2 aromatic rings. The van der Waals surface area contributed by atoms with Gasteiger partial charge in [0.05, 0.1) is 5.56 Å². The molecular weight excluding hydrogens is 226 g/mol. The SMILES string of the molecule is Cc1cc(C(=O)O)c(C)n1CCc1ccccc1. The van der Waals surface area contributed by atoms with Gasteiger partial charge in [0.15, 0.2) is 0 Å². The van der Waals surface area contributed by atoms with E-state index in [2.05, 4.69) is 16.7 Å². The molecule has 2 rings (SSSR count). The number of hydrogen-bond donors (Lipinski definition) is 1. The molecule has 0 saturated carbocycles. The zero-order chi connectivity index (χ0) is 13.1. The van der Waals surface area contributed by atoms with Gasteiger partial charge in [-0.25, -0.2) is 4.79 Å². The number of rotatable bonds is 4. The third-order valence-electron chi connectivity index (χ3n) is 3.27. The Morgan fingerprint density at radius 2 is 1.89 bits per heavy atom. The number of carboxylic acids is 1. The number of benzene rings is 1. The molecule has 0 radical (unpaired) electrons. The highest BCUT2D eigenvalue weighted by Crippen LogP contribution is 2.16. The van der Waals surface area contributed by atoms with Crippen molar-refractivity contribution in [2.24, 2.45) is 0 Å². The Balaban J connectivity index is 2.17. The molecule has 0 fully saturated rings. The molecule has 1 N–H and O–H groups in total. The number of carboxylic acid groups (broad SMARTS) is 1. The highest BCUT2D eigenvalue weighted by Gasteiger charge is 2.14. The van der Waals surface area contributed by atoms with Gasteiger partial charge >= 0.3 is 5.97 Å². The minimum atomic E-state index is -0.853. The van der Waals surface area contributed by atoms with E-state index in [0.29, 0.717) is 5.56 Å². The quantitative estimate of drug-likeness (QED) is 0.896. The fourth-order valence-corrected chi connectivity index (χ4v) is 2.25. The molecule has 3 nitrogen and oxygen atoms in total. The lowest BCUT2D eigenvalue weighted by molar-refractivity contribution is 0.0696. The Kier molecular flexibility index (Phi) is 3.51. The van der Waals surface area contributed by atoms with Gasteiger partial charge in [-0.1, -0.05) is 30.3 Å². The first-order valence-electron chi connectivity index (χ1n) is 6.03. The molecule has 0 aliphatic heterocycles. The Morgan fingerprint density at radius 1 is 1.22 bits per heavy atom. The van der Waals surface area contributed by atoms with Crippen molar-refractivity contribution in [2.45, 2.75) is 26.8 Å². The van der Waals surface area contributed by atoms with E-state index >= 15 is 0 Å². The van der Waals surface area contributed by atoms with Gasteiger partial charge in [-0.3, -0.25) is 0 Å². The van der Waals surface area contributed by atoms with Crippen molar-refractivity contribution >= 4 is 5.97 Å². The molecule has 1 aromatic carbocycles. The predicted molar refractivity (Wildman–Crippen MR) is 71.0 cm³/mol. The van der Waals surface area contributed by atoms with Crippen LogP contribution in [0.15, 0.2) is 36.4 Å². The fourth-order valence-electron chi connectivity index (χ4n) is 2.25. The molecule has 1 aromatic heterocycles. The summed E-state index contributed by atoms with van der Waals surface area (Å²) in [5.74, 6) is -0.853. The van der Waals surface area contributed by atoms with Crippen LogP contribution in [0.25, 0.3) is 0 Å². The molecule has 1 heterocycles. The van der Waals surface area contributed by atoms with Crippen LogP contribution in [0.2, 0.25) is 0 Å². The Bertz CT molecular complexity index is 555. The maximum absolute atomic E-state index is 11.0. The maximum Gasteiger partial charge on any atom is 0.337 e. The van der Waals surface area contributed by atoms with Crippen molar-refractivity contribution in [1.29, 1.82) is 0 Å². The Labute approximate surface area is 107 Å². The topological polar surface area (TPSA) is 42.2 Å². The second-order valence-electron chi connectivity index (χ2n) is 4.48. The number of aryl methyl sites for hydroxylation is 2. The molecule has 0 saturated heterocycles. The monoisotopic (exact) mass is 243 g/mol. The second kappa shape index (κ2) is 5.08. The molecule has 0 bridgehead atoms. The van der Waals surface area contributed by atoms with E-state index in [4.69, 9.17) is 5.11 Å². The number of hydrogen-bond acceptors (Lipinski definition) is 1. The van der Waals surface area contributed by atoms with Crippen molar-refractivity contribution in [3.8, 4) is 0 Å². The largest absolute Gasteiger partial charge is 0.478 e. The van der Waals surface area contributed by atoms with E-state index in [-0.39, 0.29) is 0 Å². The van der Waals surface area contributed by atoms with Gasteiger partial charge in [-0.05, 0) is 31.9 Å². The van der Waals surface area contributed by atoms with Crippen LogP contribution in [0.3, 0.4) is 0 Å². The van der Waals surface area contributed by atoms with E-state index < -0.39 is 5.97 Å². The predicted octanol–water partition coefficient (Wildman–Crippen LogP) is 3.05. The Morgan fingerprint density at radius 3 is 2.44 bits per heavy atom. The molecule has 0 amide bonds. The highest BCUT2D eigenvalue weighted by atomic mass is 16.4. The van der Waals surface area contributed by atoms with E-state index in [0.717, 1.165) is 24.4 Å². The molecule has 0 unspecified atom stereocenters. The van der Waals surface area contributed by atoms with Gasteiger partial charge in [0.2, 0.25) is 0 Å². The summed E-state index contributed by atoms with van der Waals surface area (Å²) in [6.07, 6.45) is 0.913. The third kappa shape index (κ3) is 2.45. The number of aromatic nitrogens is 1. The van der Waals surface area contributed by atoms with Gasteiger partial charge in [-0.15, -0.1) is 0 Å². The van der Waals surface area contributed by atoms with E-state index in [1.165, 1.54) is 5.56 Å². The molecule has 94 valence electrons. The van der Waals surface area contributed by atoms with E-state index in [1.54, 1.807) is 6.07 Å². The van der Waals surface area contributed by atoms with Crippen molar-refractivity contribution in [3.05, 3.63) is 58.9 Å². The summed E-state index contributed by atoms with van der Waals surface area (Å²) >= 11 is 0. The zero-order valence-electron chi connectivity index (χ0n) is 10.7. The van der Waals surface area contributed by atoms with E-state index in [9.17, 15) is 4.79 Å². The average molecular weight is 243 g/mol. The smallest absolute Gasteiger partial charge is 0.337 e. The first-order valence-corrected chi connectivity index (χ1v) is 6.03. The van der Waals surface area contributed by atoms with Crippen LogP contribution >= 0.6 is 0 Å². The van der Waals surface area contributed by atoms with Crippen LogP contribution < -0.4 is 0 Å². The molecule has 0 aliphatic rings. The van der Waals surface area contributed by atoms with Gasteiger partial charge in [0.25, 0.3) is 0 Å².